The molecule has 0 spiro atoms. The number of halogens is 3. The molecular weight excluding hydrogens is 351 g/mol. The Morgan fingerprint density at radius 3 is 2.46 bits per heavy atom. The number of aromatic nitrogens is 1. The van der Waals surface area contributed by atoms with Crippen LogP contribution in [0, 0.1) is 0 Å². The van der Waals surface area contributed by atoms with E-state index in [2.05, 4.69) is 20.4 Å². The molecule has 0 aliphatic rings. The summed E-state index contributed by atoms with van der Waals surface area (Å²) >= 11 is 0. The molecule has 0 radical (unpaired) electrons. The second kappa shape index (κ2) is 8.93. The lowest BCUT2D eigenvalue weighted by Crippen LogP contribution is -2.34. The third kappa shape index (κ3) is 6.88. The largest absolute Gasteiger partial charge is 0.497 e. The highest BCUT2D eigenvalue weighted by molar-refractivity contribution is 5.73. The predicted octanol–water partition coefficient (Wildman–Crippen LogP) is 3.03. The van der Waals surface area contributed by atoms with E-state index in [0.29, 0.717) is 17.9 Å². The number of nitrogens with one attached hydrogen (secondary N) is 2. The van der Waals surface area contributed by atoms with Crippen LogP contribution in [0.3, 0.4) is 0 Å². The average molecular weight is 369 g/mol. The van der Waals surface area contributed by atoms with Gasteiger partial charge in [-0.15, -0.1) is 0 Å². The minimum absolute atomic E-state index is 0.120. The summed E-state index contributed by atoms with van der Waals surface area (Å²) in [5.41, 5.74) is 1.43. The predicted molar refractivity (Wildman–Crippen MR) is 87.9 cm³/mol. The first-order valence-electron chi connectivity index (χ1n) is 7.65. The van der Waals surface area contributed by atoms with Gasteiger partial charge in [0.15, 0.2) is 6.61 Å². The van der Waals surface area contributed by atoms with Crippen LogP contribution in [0.1, 0.15) is 11.1 Å². The lowest BCUT2D eigenvalue weighted by molar-refractivity contribution is -0.154. The van der Waals surface area contributed by atoms with Crippen molar-refractivity contribution in [2.24, 2.45) is 0 Å². The van der Waals surface area contributed by atoms with Crippen molar-refractivity contribution in [1.29, 1.82) is 0 Å². The van der Waals surface area contributed by atoms with Crippen LogP contribution < -0.4 is 20.1 Å². The van der Waals surface area contributed by atoms with Gasteiger partial charge in [0.1, 0.15) is 5.75 Å². The van der Waals surface area contributed by atoms with Crippen molar-refractivity contribution in [1.82, 2.24) is 15.6 Å². The van der Waals surface area contributed by atoms with Gasteiger partial charge >= 0.3 is 12.2 Å². The number of benzene rings is 1. The number of amides is 2. The third-order valence-electron chi connectivity index (χ3n) is 3.22. The van der Waals surface area contributed by atoms with Gasteiger partial charge in [0.25, 0.3) is 0 Å². The van der Waals surface area contributed by atoms with Crippen LogP contribution in [0.15, 0.2) is 42.6 Å². The summed E-state index contributed by atoms with van der Waals surface area (Å²) < 4.78 is 46.1. The Kier molecular flexibility index (Phi) is 6.65. The number of carbonyl (C=O) groups excluding carboxylic acids is 1. The van der Waals surface area contributed by atoms with Crippen molar-refractivity contribution in [2.45, 2.75) is 19.3 Å². The number of pyridine rings is 1. The number of methoxy groups -OCH3 is 1. The number of hydrogen-bond acceptors (Lipinski definition) is 4. The van der Waals surface area contributed by atoms with Gasteiger partial charge in [0.05, 0.1) is 7.11 Å². The van der Waals surface area contributed by atoms with Gasteiger partial charge in [-0.05, 0) is 29.3 Å². The zero-order valence-corrected chi connectivity index (χ0v) is 14.0. The Labute approximate surface area is 148 Å². The second-order valence-electron chi connectivity index (χ2n) is 5.29. The lowest BCUT2D eigenvalue weighted by Gasteiger charge is -2.10. The molecule has 0 saturated carbocycles. The number of urea groups is 1. The van der Waals surface area contributed by atoms with E-state index in [1.54, 1.807) is 25.3 Å². The number of rotatable bonds is 7. The number of ether oxygens (including phenoxy) is 2. The molecule has 140 valence electrons. The molecule has 2 amide bonds. The maximum Gasteiger partial charge on any atom is 0.422 e. The van der Waals surface area contributed by atoms with Crippen LogP contribution >= 0.6 is 0 Å². The Morgan fingerprint density at radius 2 is 1.81 bits per heavy atom. The topological polar surface area (TPSA) is 72.5 Å². The SMILES string of the molecule is COc1cccc(CNC(=O)NCc2ccnc(OCC(F)(F)F)c2)c1. The fourth-order valence-electron chi connectivity index (χ4n) is 2.00. The van der Waals surface area contributed by atoms with Gasteiger partial charge in [-0.3, -0.25) is 0 Å². The fraction of sp³-hybridized carbons (Fsp3) is 0.294. The van der Waals surface area contributed by atoms with E-state index < -0.39 is 18.8 Å². The van der Waals surface area contributed by atoms with Gasteiger partial charge in [-0.25, -0.2) is 9.78 Å². The van der Waals surface area contributed by atoms with E-state index in [9.17, 15) is 18.0 Å². The molecule has 1 heterocycles. The summed E-state index contributed by atoms with van der Waals surface area (Å²) in [6.45, 7) is -0.994. The third-order valence-corrected chi connectivity index (χ3v) is 3.22. The van der Waals surface area contributed by atoms with Gasteiger partial charge in [-0.2, -0.15) is 13.2 Å². The molecule has 2 N–H and O–H groups in total. The van der Waals surface area contributed by atoms with Crippen molar-refractivity contribution >= 4 is 6.03 Å². The van der Waals surface area contributed by atoms with E-state index in [0.717, 1.165) is 5.56 Å². The molecule has 9 heteroatoms. The first-order chi connectivity index (χ1) is 12.4. The minimum atomic E-state index is -4.43. The van der Waals surface area contributed by atoms with E-state index in [-0.39, 0.29) is 12.4 Å². The van der Waals surface area contributed by atoms with Gasteiger partial charge in [0.2, 0.25) is 5.88 Å². The summed E-state index contributed by atoms with van der Waals surface area (Å²) in [7, 11) is 1.56. The molecule has 0 aliphatic carbocycles. The zero-order valence-electron chi connectivity index (χ0n) is 14.0. The monoisotopic (exact) mass is 369 g/mol. The summed E-state index contributed by atoms with van der Waals surface area (Å²) in [5, 5.41) is 5.29. The van der Waals surface area contributed by atoms with Crippen molar-refractivity contribution < 1.29 is 27.4 Å². The molecule has 0 aliphatic heterocycles. The van der Waals surface area contributed by atoms with Gasteiger partial charge in [-0.1, -0.05) is 12.1 Å². The number of alkyl halides is 3. The average Bonchev–Trinajstić information content (AvgIpc) is 2.63. The molecule has 0 unspecified atom stereocenters. The Bertz CT molecular complexity index is 738. The van der Waals surface area contributed by atoms with Crippen LogP contribution in [0.5, 0.6) is 11.6 Å². The van der Waals surface area contributed by atoms with Crippen LogP contribution in [-0.4, -0.2) is 30.9 Å². The first kappa shape index (κ1) is 19.4. The summed E-state index contributed by atoms with van der Waals surface area (Å²) in [5.74, 6) is 0.534. The highest BCUT2D eigenvalue weighted by atomic mass is 19.4. The van der Waals surface area contributed by atoms with Gasteiger partial charge in [0, 0.05) is 25.4 Å². The highest BCUT2D eigenvalue weighted by Gasteiger charge is 2.28. The van der Waals surface area contributed by atoms with Crippen LogP contribution in [0.2, 0.25) is 0 Å². The van der Waals surface area contributed by atoms with Crippen LogP contribution in [0.4, 0.5) is 18.0 Å². The Balaban J connectivity index is 1.79. The normalized spacial score (nSPS) is 10.9. The summed E-state index contributed by atoms with van der Waals surface area (Å²) in [6, 6.07) is 9.75. The number of nitrogens with zero attached hydrogens (tertiary/aromatic N) is 1. The number of carbonyl (C=O) groups is 1. The maximum atomic E-state index is 12.1. The van der Waals surface area contributed by atoms with E-state index in [1.165, 1.54) is 12.3 Å². The molecule has 0 atom stereocenters. The lowest BCUT2D eigenvalue weighted by atomic mass is 10.2. The minimum Gasteiger partial charge on any atom is -0.497 e. The Hall–Kier alpha value is -2.97. The molecule has 2 rings (SSSR count). The van der Waals surface area contributed by atoms with Crippen molar-refractivity contribution in [3.05, 3.63) is 53.7 Å². The van der Waals surface area contributed by atoms with E-state index in [1.807, 2.05) is 12.1 Å². The summed E-state index contributed by atoms with van der Waals surface area (Å²) in [6.07, 6.45) is -3.12. The molecule has 6 nitrogen and oxygen atoms in total. The van der Waals surface area contributed by atoms with E-state index >= 15 is 0 Å². The smallest absolute Gasteiger partial charge is 0.422 e. The zero-order chi connectivity index (χ0) is 19.0. The van der Waals surface area contributed by atoms with Crippen molar-refractivity contribution in [2.75, 3.05) is 13.7 Å². The molecule has 2 aromatic rings. The summed E-state index contributed by atoms with van der Waals surface area (Å²) in [4.78, 5) is 15.5. The molecule has 0 fully saturated rings. The first-order valence-corrected chi connectivity index (χ1v) is 7.65. The number of hydrogen-bond donors (Lipinski definition) is 2. The van der Waals surface area contributed by atoms with Crippen molar-refractivity contribution in [3.8, 4) is 11.6 Å². The molecule has 1 aromatic heterocycles. The maximum absolute atomic E-state index is 12.1. The van der Waals surface area contributed by atoms with Gasteiger partial charge < -0.3 is 20.1 Å². The second-order valence-corrected chi connectivity index (χ2v) is 5.29. The molecule has 0 saturated heterocycles. The Morgan fingerprint density at radius 1 is 1.12 bits per heavy atom. The van der Waals surface area contributed by atoms with Crippen LogP contribution in [0.25, 0.3) is 0 Å². The molecule has 0 bridgehead atoms. The highest BCUT2D eigenvalue weighted by Crippen LogP contribution is 2.17. The van der Waals surface area contributed by atoms with E-state index in [4.69, 9.17) is 4.74 Å². The fourth-order valence-corrected chi connectivity index (χ4v) is 2.00. The molecule has 26 heavy (non-hydrogen) atoms. The standard InChI is InChI=1S/C17H18F3N3O3/c1-25-14-4-2-3-12(7-14)9-22-16(24)23-10-13-5-6-21-15(8-13)26-11-17(18,19)20/h2-8H,9-11H2,1H3,(H2,22,23,24). The molecule has 1 aromatic carbocycles. The quantitative estimate of drug-likeness (QED) is 0.787. The van der Waals surface area contributed by atoms with Crippen molar-refractivity contribution in [3.63, 3.8) is 0 Å². The molecular formula is C17H18F3N3O3. The van der Waals surface area contributed by atoms with Crippen LogP contribution in [-0.2, 0) is 13.1 Å².